The second kappa shape index (κ2) is 59.4. The van der Waals surface area contributed by atoms with Crippen molar-refractivity contribution in [2.45, 2.75) is 309 Å². The molecule has 1 unspecified atom stereocenters. The third-order valence-corrected chi connectivity index (χ3v) is 13.2. The highest BCUT2D eigenvalue weighted by Gasteiger charge is 2.19. The third kappa shape index (κ3) is 57.6. The molecule has 0 amide bonds. The quantitative estimate of drug-likeness (QED) is 0.0261. The van der Waals surface area contributed by atoms with Gasteiger partial charge in [0, 0.05) is 19.3 Å². The van der Waals surface area contributed by atoms with E-state index in [2.05, 4.69) is 93.7 Å². The van der Waals surface area contributed by atoms with Crippen molar-refractivity contribution < 1.29 is 28.6 Å². The molecule has 0 aliphatic rings. The molecule has 0 aliphatic heterocycles. The van der Waals surface area contributed by atoms with Gasteiger partial charge in [-0.2, -0.15) is 0 Å². The van der Waals surface area contributed by atoms with E-state index < -0.39 is 6.10 Å². The number of allylic oxidation sites excluding steroid dienone is 12. The zero-order valence-electron chi connectivity index (χ0n) is 47.0. The standard InChI is InChI=1S/C65H114O6/c1-4-7-10-13-16-19-22-25-27-28-29-30-31-32-33-34-35-36-37-38-39-41-43-46-49-52-55-58-64(67)70-61-62(60-69-63(66)57-54-51-48-45-42-24-21-18-15-12-9-6-3)71-65(68)59-56-53-50-47-44-40-26-23-20-17-14-11-8-5-2/h7,10,16,18-19,21,25,27,29-30,32-33,62H,4-6,8-9,11-15,17,20,22-24,26,28,31,34-61H2,1-3H3/b10-7-,19-16-,21-18-,27-25-,30-29-,33-32-. The van der Waals surface area contributed by atoms with E-state index in [1.807, 2.05) is 0 Å². The molecular weight excluding hydrogens is 877 g/mol. The number of esters is 3. The number of ether oxygens (including phenoxy) is 3. The van der Waals surface area contributed by atoms with Gasteiger partial charge in [0.15, 0.2) is 6.10 Å². The Morgan fingerprint density at radius 2 is 0.549 bits per heavy atom. The van der Waals surface area contributed by atoms with Crippen molar-refractivity contribution in [3.05, 3.63) is 72.9 Å². The lowest BCUT2D eigenvalue weighted by Crippen LogP contribution is -2.30. The van der Waals surface area contributed by atoms with Gasteiger partial charge in [-0.15, -0.1) is 0 Å². The van der Waals surface area contributed by atoms with Crippen LogP contribution in [0.25, 0.3) is 0 Å². The molecule has 0 N–H and O–H groups in total. The lowest BCUT2D eigenvalue weighted by Gasteiger charge is -2.18. The molecule has 71 heavy (non-hydrogen) atoms. The van der Waals surface area contributed by atoms with Crippen molar-refractivity contribution in [2.24, 2.45) is 0 Å². The Bertz CT molecular complexity index is 1320. The van der Waals surface area contributed by atoms with E-state index in [-0.39, 0.29) is 31.1 Å². The van der Waals surface area contributed by atoms with Crippen LogP contribution in [0, 0.1) is 0 Å². The van der Waals surface area contributed by atoms with Crippen molar-refractivity contribution in [3.63, 3.8) is 0 Å². The third-order valence-electron chi connectivity index (χ3n) is 13.2. The zero-order valence-corrected chi connectivity index (χ0v) is 47.0. The first-order valence-corrected chi connectivity index (χ1v) is 30.4. The maximum atomic E-state index is 12.8. The van der Waals surface area contributed by atoms with Gasteiger partial charge in [-0.05, 0) is 89.9 Å². The molecule has 0 radical (unpaired) electrons. The minimum atomic E-state index is -0.777. The van der Waals surface area contributed by atoms with Crippen LogP contribution in [0.1, 0.15) is 303 Å². The van der Waals surface area contributed by atoms with E-state index in [1.165, 1.54) is 167 Å². The topological polar surface area (TPSA) is 78.9 Å². The van der Waals surface area contributed by atoms with Crippen LogP contribution >= 0.6 is 0 Å². The Balaban J connectivity index is 4.24. The van der Waals surface area contributed by atoms with Gasteiger partial charge in [-0.3, -0.25) is 14.4 Å². The second-order valence-electron chi connectivity index (χ2n) is 20.2. The smallest absolute Gasteiger partial charge is 0.306 e. The van der Waals surface area contributed by atoms with E-state index in [9.17, 15) is 14.4 Å². The van der Waals surface area contributed by atoms with Gasteiger partial charge in [0.1, 0.15) is 13.2 Å². The molecule has 0 saturated carbocycles. The molecule has 410 valence electrons. The van der Waals surface area contributed by atoms with E-state index in [1.54, 1.807) is 0 Å². The summed E-state index contributed by atoms with van der Waals surface area (Å²) in [6.45, 7) is 6.52. The van der Waals surface area contributed by atoms with Crippen molar-refractivity contribution in [2.75, 3.05) is 13.2 Å². The average molecular weight is 992 g/mol. The van der Waals surface area contributed by atoms with Gasteiger partial charge in [-0.25, -0.2) is 0 Å². The molecule has 0 fully saturated rings. The Kier molecular flexibility index (Phi) is 56.8. The van der Waals surface area contributed by atoms with E-state index in [0.29, 0.717) is 19.3 Å². The predicted molar refractivity (Wildman–Crippen MR) is 307 cm³/mol. The van der Waals surface area contributed by atoms with Crippen molar-refractivity contribution in [3.8, 4) is 0 Å². The van der Waals surface area contributed by atoms with E-state index in [0.717, 1.165) is 96.3 Å². The minimum absolute atomic E-state index is 0.0764. The highest BCUT2D eigenvalue weighted by atomic mass is 16.6. The van der Waals surface area contributed by atoms with Crippen LogP contribution in [0.5, 0.6) is 0 Å². The fraction of sp³-hybridized carbons (Fsp3) is 0.769. The predicted octanol–water partition coefficient (Wildman–Crippen LogP) is 20.5. The van der Waals surface area contributed by atoms with Gasteiger partial charge < -0.3 is 14.2 Å². The van der Waals surface area contributed by atoms with Crippen LogP contribution in [0.3, 0.4) is 0 Å². The molecule has 6 nitrogen and oxygen atoms in total. The highest BCUT2D eigenvalue weighted by Crippen LogP contribution is 2.16. The molecule has 0 bridgehead atoms. The molecule has 6 heteroatoms. The molecule has 0 aromatic carbocycles. The van der Waals surface area contributed by atoms with Crippen LogP contribution in [-0.4, -0.2) is 37.2 Å². The summed E-state index contributed by atoms with van der Waals surface area (Å²) in [6, 6.07) is 0. The summed E-state index contributed by atoms with van der Waals surface area (Å²) >= 11 is 0. The Labute approximate surface area is 440 Å². The van der Waals surface area contributed by atoms with Crippen LogP contribution in [0.4, 0.5) is 0 Å². The van der Waals surface area contributed by atoms with Crippen LogP contribution in [0.15, 0.2) is 72.9 Å². The van der Waals surface area contributed by atoms with Gasteiger partial charge >= 0.3 is 17.9 Å². The molecule has 0 heterocycles. The Morgan fingerprint density at radius 3 is 0.901 bits per heavy atom. The number of unbranched alkanes of at least 4 members (excludes halogenated alkanes) is 32. The fourth-order valence-corrected chi connectivity index (χ4v) is 8.64. The second-order valence-corrected chi connectivity index (χ2v) is 20.2. The summed E-state index contributed by atoms with van der Waals surface area (Å²) in [7, 11) is 0. The molecule has 0 aromatic rings. The maximum absolute atomic E-state index is 12.8. The minimum Gasteiger partial charge on any atom is -0.462 e. The number of rotatable bonds is 55. The largest absolute Gasteiger partial charge is 0.462 e. The van der Waals surface area contributed by atoms with Crippen molar-refractivity contribution >= 4 is 17.9 Å². The summed E-state index contributed by atoms with van der Waals surface area (Å²) in [5, 5.41) is 0. The maximum Gasteiger partial charge on any atom is 0.306 e. The Morgan fingerprint density at radius 1 is 0.296 bits per heavy atom. The van der Waals surface area contributed by atoms with Gasteiger partial charge in [0.25, 0.3) is 0 Å². The number of hydrogen-bond acceptors (Lipinski definition) is 6. The van der Waals surface area contributed by atoms with Crippen LogP contribution in [-0.2, 0) is 28.6 Å². The van der Waals surface area contributed by atoms with Gasteiger partial charge in [0.2, 0.25) is 0 Å². The van der Waals surface area contributed by atoms with Gasteiger partial charge in [0.05, 0.1) is 0 Å². The highest BCUT2D eigenvalue weighted by molar-refractivity contribution is 5.71. The molecule has 0 saturated heterocycles. The molecular formula is C65H114O6. The molecule has 0 spiro atoms. The van der Waals surface area contributed by atoms with E-state index >= 15 is 0 Å². The molecule has 0 aliphatic carbocycles. The first-order valence-electron chi connectivity index (χ1n) is 30.4. The summed E-state index contributed by atoms with van der Waals surface area (Å²) in [6.07, 6.45) is 76.2. The van der Waals surface area contributed by atoms with Crippen molar-refractivity contribution in [1.82, 2.24) is 0 Å². The first kappa shape index (κ1) is 67.8. The zero-order chi connectivity index (χ0) is 51.4. The van der Waals surface area contributed by atoms with E-state index in [4.69, 9.17) is 14.2 Å². The number of hydrogen-bond donors (Lipinski definition) is 0. The lowest BCUT2D eigenvalue weighted by atomic mass is 10.0. The lowest BCUT2D eigenvalue weighted by molar-refractivity contribution is -0.167. The van der Waals surface area contributed by atoms with Crippen LogP contribution in [0.2, 0.25) is 0 Å². The van der Waals surface area contributed by atoms with Crippen molar-refractivity contribution in [1.29, 1.82) is 0 Å². The summed E-state index contributed by atoms with van der Waals surface area (Å²) < 4.78 is 16.9. The number of carbonyl (C=O) groups is 3. The number of carbonyl (C=O) groups excluding carboxylic acids is 3. The monoisotopic (exact) mass is 991 g/mol. The van der Waals surface area contributed by atoms with Gasteiger partial charge in [-0.1, -0.05) is 267 Å². The molecule has 0 rings (SSSR count). The molecule has 0 aromatic heterocycles. The first-order chi connectivity index (χ1) is 35.0. The molecule has 1 atom stereocenters. The summed E-state index contributed by atoms with van der Waals surface area (Å²) in [4.78, 5) is 38.2. The fourth-order valence-electron chi connectivity index (χ4n) is 8.64. The summed E-state index contributed by atoms with van der Waals surface area (Å²) in [5.41, 5.74) is 0. The van der Waals surface area contributed by atoms with Crippen LogP contribution < -0.4 is 0 Å². The SMILES string of the molecule is CC/C=C\C/C=C\C/C=C\C/C=C\C/C=C\CCCCCCCCCCCCCC(=O)OCC(COC(=O)CCCCCCC/C=C\CCCCC)OC(=O)CCCCCCCCCCCCCCCC. The Hall–Kier alpha value is -3.15. The normalized spacial score (nSPS) is 12.5. The summed E-state index contributed by atoms with van der Waals surface area (Å²) in [5.74, 6) is -0.876. The average Bonchev–Trinajstić information content (AvgIpc) is 3.37.